The fraction of sp³-hybridized carbons (Fsp3) is 0.700. The third kappa shape index (κ3) is 1.86. The molecule has 0 atom stereocenters. The molecule has 1 aliphatic rings. The average molecular weight is 209 g/mol. The molecule has 1 aromatic rings. The van der Waals surface area contributed by atoms with Gasteiger partial charge in [0.1, 0.15) is 0 Å². The largest absolute Gasteiger partial charge is 0.467 e. The number of aldehydes is 1. The van der Waals surface area contributed by atoms with Gasteiger partial charge in [0.05, 0.1) is 7.11 Å². The summed E-state index contributed by atoms with van der Waals surface area (Å²) in [5.74, 6) is 0.374. The molecule has 0 spiro atoms. The van der Waals surface area contributed by atoms with E-state index in [0.717, 1.165) is 19.1 Å². The quantitative estimate of drug-likeness (QED) is 0.709. The van der Waals surface area contributed by atoms with E-state index in [1.54, 1.807) is 7.11 Å². The Balaban J connectivity index is 2.30. The van der Waals surface area contributed by atoms with Crippen LogP contribution in [0.1, 0.15) is 48.8 Å². The van der Waals surface area contributed by atoms with E-state index in [1.807, 2.05) is 4.57 Å². The number of rotatable bonds is 3. The van der Waals surface area contributed by atoms with Crippen molar-refractivity contribution in [3.8, 4) is 6.01 Å². The molecule has 0 saturated heterocycles. The normalized spacial score (nSPS) is 17.7. The Morgan fingerprint density at radius 2 is 2.07 bits per heavy atom. The molecule has 1 aliphatic carbocycles. The summed E-state index contributed by atoms with van der Waals surface area (Å²) in [4.78, 5) is 10.8. The van der Waals surface area contributed by atoms with Crippen molar-refractivity contribution in [3.05, 3.63) is 5.82 Å². The Morgan fingerprint density at radius 3 is 2.67 bits per heavy atom. The van der Waals surface area contributed by atoms with E-state index < -0.39 is 0 Å². The van der Waals surface area contributed by atoms with Gasteiger partial charge in [0.15, 0.2) is 12.1 Å². The highest BCUT2D eigenvalue weighted by Gasteiger charge is 2.22. The number of carbonyl (C=O) groups excluding carboxylic acids is 1. The van der Waals surface area contributed by atoms with Gasteiger partial charge >= 0.3 is 6.01 Å². The van der Waals surface area contributed by atoms with Crippen LogP contribution >= 0.6 is 0 Å². The molecule has 0 bridgehead atoms. The topological polar surface area (TPSA) is 57.0 Å². The Bertz CT molecular complexity index is 342. The molecule has 82 valence electrons. The van der Waals surface area contributed by atoms with Crippen molar-refractivity contribution < 1.29 is 9.53 Å². The van der Waals surface area contributed by atoms with Crippen LogP contribution in [0, 0.1) is 0 Å². The molecule has 0 unspecified atom stereocenters. The molecule has 1 fully saturated rings. The van der Waals surface area contributed by atoms with Crippen LogP contribution in [-0.2, 0) is 0 Å². The minimum absolute atomic E-state index is 0.323. The maximum Gasteiger partial charge on any atom is 0.317 e. The van der Waals surface area contributed by atoms with Gasteiger partial charge in [-0.3, -0.25) is 9.36 Å². The van der Waals surface area contributed by atoms with Crippen LogP contribution in [0.15, 0.2) is 0 Å². The highest BCUT2D eigenvalue weighted by molar-refractivity contribution is 5.69. The summed E-state index contributed by atoms with van der Waals surface area (Å²) in [6.45, 7) is 0. The lowest BCUT2D eigenvalue weighted by Gasteiger charge is -2.23. The standard InChI is InChI=1S/C10H15N3O2/c1-15-10-12-11-9(7-14)13(10)8-5-3-2-4-6-8/h7-8H,2-6H2,1H3. The van der Waals surface area contributed by atoms with Crippen LogP contribution < -0.4 is 4.74 Å². The van der Waals surface area contributed by atoms with Crippen LogP contribution in [0.3, 0.4) is 0 Å². The van der Waals surface area contributed by atoms with Gasteiger partial charge in [-0.2, -0.15) is 0 Å². The highest BCUT2D eigenvalue weighted by Crippen LogP contribution is 2.31. The first-order chi connectivity index (χ1) is 7.36. The first kappa shape index (κ1) is 10.1. The lowest BCUT2D eigenvalue weighted by molar-refractivity contribution is 0.110. The summed E-state index contributed by atoms with van der Waals surface area (Å²) in [6.07, 6.45) is 6.57. The van der Waals surface area contributed by atoms with E-state index in [2.05, 4.69) is 10.2 Å². The molecule has 0 amide bonds. The van der Waals surface area contributed by atoms with E-state index in [4.69, 9.17) is 4.74 Å². The van der Waals surface area contributed by atoms with Crippen molar-refractivity contribution in [3.63, 3.8) is 0 Å². The van der Waals surface area contributed by atoms with Gasteiger partial charge in [-0.15, -0.1) is 5.10 Å². The van der Waals surface area contributed by atoms with E-state index in [9.17, 15) is 4.79 Å². The number of hydrogen-bond acceptors (Lipinski definition) is 4. The van der Waals surface area contributed by atoms with Gasteiger partial charge in [0.25, 0.3) is 0 Å². The van der Waals surface area contributed by atoms with E-state index in [-0.39, 0.29) is 0 Å². The molecule has 5 nitrogen and oxygen atoms in total. The summed E-state index contributed by atoms with van der Waals surface area (Å²) < 4.78 is 6.94. The summed E-state index contributed by atoms with van der Waals surface area (Å²) in [7, 11) is 1.55. The smallest absolute Gasteiger partial charge is 0.317 e. The Labute approximate surface area is 88.4 Å². The molecular weight excluding hydrogens is 194 g/mol. The Hall–Kier alpha value is -1.39. The molecule has 0 radical (unpaired) electrons. The monoisotopic (exact) mass is 209 g/mol. The number of hydrogen-bond donors (Lipinski definition) is 0. The number of carbonyl (C=O) groups is 1. The van der Waals surface area contributed by atoms with E-state index in [1.165, 1.54) is 19.3 Å². The first-order valence-corrected chi connectivity index (χ1v) is 5.31. The van der Waals surface area contributed by atoms with Crippen LogP contribution in [0.4, 0.5) is 0 Å². The van der Waals surface area contributed by atoms with Crippen molar-refractivity contribution >= 4 is 6.29 Å². The predicted molar refractivity (Wildman–Crippen MR) is 54.1 cm³/mol. The molecule has 0 aromatic carbocycles. The second kappa shape index (κ2) is 4.42. The van der Waals surface area contributed by atoms with Crippen LogP contribution in [0.2, 0.25) is 0 Å². The van der Waals surface area contributed by atoms with E-state index >= 15 is 0 Å². The molecule has 0 N–H and O–H groups in total. The third-order valence-corrected chi connectivity index (χ3v) is 2.92. The molecule has 0 aliphatic heterocycles. The van der Waals surface area contributed by atoms with Gasteiger partial charge in [-0.25, -0.2) is 0 Å². The second-order valence-electron chi connectivity index (χ2n) is 3.82. The van der Waals surface area contributed by atoms with Crippen LogP contribution in [0.5, 0.6) is 6.01 Å². The zero-order valence-corrected chi connectivity index (χ0v) is 8.85. The summed E-state index contributed by atoms with van der Waals surface area (Å²) >= 11 is 0. The maximum atomic E-state index is 10.8. The van der Waals surface area contributed by atoms with Gasteiger partial charge in [0.2, 0.25) is 0 Å². The number of ether oxygens (including phenoxy) is 1. The fourth-order valence-corrected chi connectivity index (χ4v) is 2.19. The molecule has 2 rings (SSSR count). The second-order valence-corrected chi connectivity index (χ2v) is 3.82. The Morgan fingerprint density at radius 1 is 1.33 bits per heavy atom. The van der Waals surface area contributed by atoms with E-state index in [0.29, 0.717) is 17.9 Å². The fourth-order valence-electron chi connectivity index (χ4n) is 2.19. The van der Waals surface area contributed by atoms with Gasteiger partial charge in [-0.05, 0) is 12.8 Å². The van der Waals surface area contributed by atoms with Crippen LogP contribution in [0.25, 0.3) is 0 Å². The zero-order valence-electron chi connectivity index (χ0n) is 8.85. The summed E-state index contributed by atoms with van der Waals surface area (Å²) in [5.41, 5.74) is 0. The van der Waals surface area contributed by atoms with Gasteiger partial charge < -0.3 is 4.74 Å². The van der Waals surface area contributed by atoms with Crippen molar-refractivity contribution in [2.45, 2.75) is 38.1 Å². The molecule has 1 heterocycles. The molecule has 1 saturated carbocycles. The van der Waals surface area contributed by atoms with Crippen molar-refractivity contribution in [2.24, 2.45) is 0 Å². The minimum Gasteiger partial charge on any atom is -0.467 e. The minimum atomic E-state index is 0.323. The van der Waals surface area contributed by atoms with Crippen molar-refractivity contribution in [2.75, 3.05) is 7.11 Å². The van der Waals surface area contributed by atoms with Crippen molar-refractivity contribution in [1.29, 1.82) is 0 Å². The summed E-state index contributed by atoms with van der Waals surface area (Å²) in [6, 6.07) is 0.771. The molecule has 1 aromatic heterocycles. The van der Waals surface area contributed by atoms with Crippen LogP contribution in [-0.4, -0.2) is 28.2 Å². The Kier molecular flexibility index (Phi) is 2.99. The highest BCUT2D eigenvalue weighted by atomic mass is 16.5. The molecular formula is C10H15N3O2. The number of methoxy groups -OCH3 is 1. The maximum absolute atomic E-state index is 10.8. The lowest BCUT2D eigenvalue weighted by Crippen LogP contribution is -2.16. The lowest BCUT2D eigenvalue weighted by atomic mass is 9.95. The molecule has 15 heavy (non-hydrogen) atoms. The summed E-state index contributed by atoms with van der Waals surface area (Å²) in [5, 5.41) is 7.64. The average Bonchev–Trinajstić information content (AvgIpc) is 2.72. The first-order valence-electron chi connectivity index (χ1n) is 5.31. The predicted octanol–water partition coefficient (Wildman–Crippen LogP) is 1.60. The third-order valence-electron chi connectivity index (χ3n) is 2.92. The zero-order chi connectivity index (χ0) is 10.7. The number of nitrogens with zero attached hydrogens (tertiary/aromatic N) is 3. The molecule has 5 heteroatoms. The van der Waals surface area contributed by atoms with Crippen molar-refractivity contribution in [1.82, 2.24) is 14.8 Å². The SMILES string of the molecule is COc1nnc(C=O)n1C1CCCCC1. The number of aromatic nitrogens is 3. The van der Waals surface area contributed by atoms with Gasteiger partial charge in [0, 0.05) is 6.04 Å². The van der Waals surface area contributed by atoms with Gasteiger partial charge in [-0.1, -0.05) is 24.4 Å².